The number of nitrogens with zero attached hydrogens (tertiary/aromatic N) is 2. The molecule has 1 saturated heterocycles. The van der Waals surface area contributed by atoms with Gasteiger partial charge in [0.1, 0.15) is 68.3 Å². The predicted octanol–water partition coefficient (Wildman–Crippen LogP) is 6.27. The summed E-state index contributed by atoms with van der Waals surface area (Å²) in [6.45, 7) is 0.00961. The van der Waals surface area contributed by atoms with E-state index in [4.69, 9.17) is 25.5 Å². The molecular weight excluding hydrogens is 862 g/mol. The molecule has 0 aromatic heterocycles. The van der Waals surface area contributed by atoms with Crippen molar-refractivity contribution >= 4 is 40.1 Å². The molecule has 0 spiro atoms. The SMILES string of the molecule is CN(C)c1ccc2c(-c3ccc(C(=O)NCc4ccc(COc5ccc(Cc6cc([C@@H]7O[C@H](CO)[C@@H](O)[C@H](O)[C@H]7O)ccc6Cl)cc5)cc4)cc3C(=O)O)c3ccc(=[N+](C)C)cc-3oc2c1. The third kappa shape index (κ3) is 9.68. The van der Waals surface area contributed by atoms with Gasteiger partial charge in [0, 0.05) is 65.6 Å². The van der Waals surface area contributed by atoms with Crippen LogP contribution in [0.2, 0.25) is 5.02 Å². The minimum Gasteiger partial charge on any atom is -0.489 e. The quantitative estimate of drug-likeness (QED) is 0.0567. The number of hydrogen-bond donors (Lipinski definition) is 6. The Bertz CT molecular complexity index is 2950. The highest BCUT2D eigenvalue weighted by atomic mass is 35.5. The number of amides is 1. The Kier molecular flexibility index (Phi) is 13.6. The molecular formula is C52H51ClN3O10+. The molecule has 0 bridgehead atoms. The largest absolute Gasteiger partial charge is 0.489 e. The third-order valence-corrected chi connectivity index (χ3v) is 12.4. The number of aliphatic hydroxyl groups is 4. The lowest BCUT2D eigenvalue weighted by Gasteiger charge is -2.40. The summed E-state index contributed by atoms with van der Waals surface area (Å²) in [6.07, 6.45) is -5.84. The van der Waals surface area contributed by atoms with Crippen LogP contribution < -0.4 is 24.9 Å². The highest BCUT2D eigenvalue weighted by molar-refractivity contribution is 6.31. The first-order valence-electron chi connectivity index (χ1n) is 21.4. The van der Waals surface area contributed by atoms with Crippen LogP contribution in [-0.2, 0) is 24.3 Å². The molecule has 2 heterocycles. The number of aromatic carboxylic acids is 1. The lowest BCUT2D eigenvalue weighted by Crippen LogP contribution is -2.55. The number of nitrogens with one attached hydrogen (secondary N) is 1. The normalized spacial score (nSPS) is 18.3. The molecule has 5 aromatic carbocycles. The van der Waals surface area contributed by atoms with Gasteiger partial charge in [-0.15, -0.1) is 0 Å². The second-order valence-electron chi connectivity index (χ2n) is 16.9. The summed E-state index contributed by atoms with van der Waals surface area (Å²) in [4.78, 5) is 28.3. The lowest BCUT2D eigenvalue weighted by molar-refractivity contribution is -0.231. The van der Waals surface area contributed by atoms with E-state index in [2.05, 4.69) is 5.32 Å². The van der Waals surface area contributed by atoms with Crippen molar-refractivity contribution in [2.75, 3.05) is 39.7 Å². The molecule has 6 N–H and O–H groups in total. The van der Waals surface area contributed by atoms with E-state index in [1.807, 2.05) is 123 Å². The number of hydrogen-bond acceptors (Lipinski definition) is 10. The molecule has 8 rings (SSSR count). The summed E-state index contributed by atoms with van der Waals surface area (Å²) in [6, 6.07) is 36.8. The van der Waals surface area contributed by atoms with E-state index < -0.39 is 49.0 Å². The fourth-order valence-electron chi connectivity index (χ4n) is 8.21. The molecule has 5 atom stereocenters. The van der Waals surface area contributed by atoms with Crippen molar-refractivity contribution in [3.63, 3.8) is 0 Å². The van der Waals surface area contributed by atoms with Gasteiger partial charge in [-0.2, -0.15) is 0 Å². The second-order valence-corrected chi connectivity index (χ2v) is 17.3. The number of fused-ring (bicyclic) bond motifs is 2. The standard InChI is InChI=1S/C52H50ClN3O10/c1-55(2)35-13-18-39-43(24-35)65-44-25-36(56(3)4)14-19-40(44)46(39)38-17-11-33(23-41(38)52(62)63)51(61)54-26-30-5-7-31(8-6-30)28-64-37-15-9-29(10-16-37)21-34-22-32(12-20-42(34)53)50-49(60)48(59)47(58)45(27-57)66-50/h5-20,22-25,45,47-50,57-60H,21,26-28H2,1-4H3,(H-,54,61,62,63)/p+1/t45-,47-,48+,49-,50+/m1/s1. The first-order valence-corrected chi connectivity index (χ1v) is 21.8. The van der Waals surface area contributed by atoms with Crippen LogP contribution in [0.5, 0.6) is 5.75 Å². The minimum atomic E-state index is -1.48. The zero-order chi connectivity index (χ0) is 46.8. The van der Waals surface area contributed by atoms with Crippen LogP contribution in [0.4, 0.5) is 5.69 Å². The Labute approximate surface area is 386 Å². The molecule has 14 heteroatoms. The molecule has 0 unspecified atom stereocenters. The Morgan fingerprint density at radius 1 is 0.788 bits per heavy atom. The number of carbonyl (C=O) groups excluding carboxylic acids is 1. The van der Waals surface area contributed by atoms with E-state index in [1.54, 1.807) is 30.3 Å². The number of rotatable bonds is 13. The van der Waals surface area contributed by atoms with E-state index >= 15 is 0 Å². The van der Waals surface area contributed by atoms with E-state index in [9.17, 15) is 35.1 Å². The van der Waals surface area contributed by atoms with Crippen molar-refractivity contribution < 1.29 is 49.0 Å². The summed E-state index contributed by atoms with van der Waals surface area (Å²) in [5.41, 5.74) is 7.70. The smallest absolute Gasteiger partial charge is 0.336 e. The van der Waals surface area contributed by atoms with Gasteiger partial charge in [-0.05, 0) is 88.3 Å². The van der Waals surface area contributed by atoms with Crippen molar-refractivity contribution in [1.82, 2.24) is 9.89 Å². The number of carbonyl (C=O) groups is 2. The lowest BCUT2D eigenvalue weighted by atomic mass is 9.89. The van der Waals surface area contributed by atoms with Gasteiger partial charge in [-0.1, -0.05) is 66.2 Å². The van der Waals surface area contributed by atoms with E-state index in [0.29, 0.717) is 51.8 Å². The average molecular weight is 913 g/mol. The fourth-order valence-corrected chi connectivity index (χ4v) is 8.39. The second kappa shape index (κ2) is 19.5. The maximum atomic E-state index is 13.5. The zero-order valence-corrected chi connectivity index (χ0v) is 37.6. The molecule has 0 saturated carbocycles. The summed E-state index contributed by atoms with van der Waals surface area (Å²) >= 11 is 6.54. The average Bonchev–Trinajstić information content (AvgIpc) is 3.32. The van der Waals surface area contributed by atoms with Crippen LogP contribution in [0.1, 0.15) is 54.6 Å². The first kappa shape index (κ1) is 46.0. The molecule has 1 fully saturated rings. The molecule has 5 aromatic rings. The zero-order valence-electron chi connectivity index (χ0n) is 36.8. The van der Waals surface area contributed by atoms with Crippen molar-refractivity contribution in [2.45, 2.75) is 50.1 Å². The fraction of sp³-hybridized carbons (Fsp3) is 0.250. The summed E-state index contributed by atoms with van der Waals surface area (Å²) in [7, 11) is 7.77. The summed E-state index contributed by atoms with van der Waals surface area (Å²) in [5, 5.41) is 56.3. The van der Waals surface area contributed by atoms with Crippen molar-refractivity contribution in [1.29, 1.82) is 0 Å². The van der Waals surface area contributed by atoms with Crippen LogP contribution >= 0.6 is 11.6 Å². The Hall–Kier alpha value is -6.58. The highest BCUT2D eigenvalue weighted by Gasteiger charge is 2.44. The van der Waals surface area contributed by atoms with Gasteiger partial charge in [0.15, 0.2) is 0 Å². The number of benzene rings is 6. The van der Waals surface area contributed by atoms with E-state index in [-0.39, 0.29) is 17.7 Å². The number of carboxylic acid groups (broad SMARTS) is 1. The molecule has 3 aliphatic rings. The number of aliphatic hydroxyl groups excluding tert-OH is 4. The van der Waals surface area contributed by atoms with Crippen molar-refractivity contribution in [3.05, 3.63) is 171 Å². The molecule has 2 aliphatic heterocycles. The molecule has 0 radical (unpaired) electrons. The highest BCUT2D eigenvalue weighted by Crippen LogP contribution is 2.42. The van der Waals surface area contributed by atoms with Gasteiger partial charge in [0.05, 0.1) is 18.2 Å². The molecule has 1 amide bonds. The predicted molar refractivity (Wildman–Crippen MR) is 252 cm³/mol. The molecule has 66 heavy (non-hydrogen) atoms. The van der Waals surface area contributed by atoms with Gasteiger partial charge in [0.2, 0.25) is 5.36 Å². The van der Waals surface area contributed by atoms with Crippen LogP contribution in [0, 0.1) is 0 Å². The minimum absolute atomic E-state index is 0.00636. The topological polar surface area (TPSA) is 185 Å². The van der Waals surface area contributed by atoms with Gasteiger partial charge in [0.25, 0.3) is 5.91 Å². The summed E-state index contributed by atoms with van der Waals surface area (Å²) in [5.74, 6) is -0.309. The van der Waals surface area contributed by atoms with Crippen LogP contribution in [0.3, 0.4) is 0 Å². The Morgan fingerprint density at radius 2 is 1.50 bits per heavy atom. The maximum Gasteiger partial charge on any atom is 0.336 e. The van der Waals surface area contributed by atoms with Crippen molar-refractivity contribution in [3.8, 4) is 28.2 Å². The van der Waals surface area contributed by atoms with E-state index in [1.165, 1.54) is 6.07 Å². The van der Waals surface area contributed by atoms with Gasteiger partial charge < -0.3 is 49.6 Å². The maximum absolute atomic E-state index is 13.5. The number of carboxylic acids is 1. The van der Waals surface area contributed by atoms with E-state index in [0.717, 1.165) is 44.2 Å². The van der Waals surface area contributed by atoms with Crippen molar-refractivity contribution in [2.24, 2.45) is 0 Å². The van der Waals surface area contributed by atoms with Crippen LogP contribution in [0.25, 0.3) is 33.4 Å². The summed E-state index contributed by atoms with van der Waals surface area (Å²) < 4.78 is 20.2. The molecule has 13 nitrogen and oxygen atoms in total. The van der Waals surface area contributed by atoms with Crippen LogP contribution in [0.15, 0.2) is 126 Å². The number of halogens is 1. The monoisotopic (exact) mass is 912 g/mol. The molecule has 1 aliphatic carbocycles. The van der Waals surface area contributed by atoms with Gasteiger partial charge in [-0.3, -0.25) is 4.79 Å². The Morgan fingerprint density at radius 3 is 2.20 bits per heavy atom. The number of anilines is 1. The molecule has 340 valence electrons. The van der Waals surface area contributed by atoms with Gasteiger partial charge in [-0.25, -0.2) is 9.37 Å². The first-order chi connectivity index (χ1) is 31.7. The Balaban J connectivity index is 0.905. The number of ether oxygens (including phenoxy) is 2. The van der Waals surface area contributed by atoms with Gasteiger partial charge >= 0.3 is 5.97 Å². The third-order valence-electron chi connectivity index (χ3n) is 12.0. The van der Waals surface area contributed by atoms with Crippen LogP contribution in [-0.4, -0.2) is 96.6 Å².